The Morgan fingerprint density at radius 1 is 1.08 bits per heavy atom. The standard InChI is InChI=1S/C27H31F2NO6/c1-5-34-25(32)15-17(2)14-18(3)19(4)26(20-6-9-22(10-7-20)35-13-12-31)36-27(33)30-24-11-8-21(28)16-23(24)29/h6-11,14-16,19,26,31H,5,12-13H2,1-4H3,(H,30,33)/b17-15+,18-14+/t19-,26+/m1/s1. The van der Waals surface area contributed by atoms with E-state index in [4.69, 9.17) is 19.3 Å². The van der Waals surface area contributed by atoms with Gasteiger partial charge < -0.3 is 19.3 Å². The van der Waals surface area contributed by atoms with Gasteiger partial charge in [0.1, 0.15) is 30.1 Å². The number of rotatable bonds is 11. The van der Waals surface area contributed by atoms with Crippen LogP contribution in [0.3, 0.4) is 0 Å². The predicted molar refractivity (Wildman–Crippen MR) is 132 cm³/mol. The molecule has 0 aromatic heterocycles. The Labute approximate surface area is 209 Å². The van der Waals surface area contributed by atoms with Crippen molar-refractivity contribution in [2.45, 2.75) is 33.8 Å². The topological polar surface area (TPSA) is 94.1 Å². The van der Waals surface area contributed by atoms with E-state index in [0.717, 1.165) is 17.7 Å². The third-order valence-electron chi connectivity index (χ3n) is 5.23. The molecule has 0 fully saturated rings. The van der Waals surface area contributed by atoms with Gasteiger partial charge in [-0.15, -0.1) is 0 Å². The molecule has 2 atom stereocenters. The van der Waals surface area contributed by atoms with Crippen LogP contribution in [-0.4, -0.2) is 37.0 Å². The zero-order valence-electron chi connectivity index (χ0n) is 20.7. The van der Waals surface area contributed by atoms with Crippen LogP contribution < -0.4 is 10.1 Å². The molecule has 36 heavy (non-hydrogen) atoms. The zero-order chi connectivity index (χ0) is 26.7. The minimum atomic E-state index is -0.933. The maximum atomic E-state index is 14.0. The number of carbonyl (C=O) groups is 2. The Morgan fingerprint density at radius 2 is 1.78 bits per heavy atom. The number of halogens is 2. The van der Waals surface area contributed by atoms with Crippen molar-refractivity contribution in [2.24, 2.45) is 5.92 Å². The van der Waals surface area contributed by atoms with Gasteiger partial charge in [0.25, 0.3) is 0 Å². The first-order valence-electron chi connectivity index (χ1n) is 11.4. The first-order valence-corrected chi connectivity index (χ1v) is 11.4. The molecule has 2 aromatic carbocycles. The van der Waals surface area contributed by atoms with Gasteiger partial charge in [-0.1, -0.05) is 30.7 Å². The zero-order valence-corrected chi connectivity index (χ0v) is 20.7. The number of amides is 1. The minimum Gasteiger partial charge on any atom is -0.491 e. The summed E-state index contributed by atoms with van der Waals surface area (Å²) in [5.74, 6) is -1.99. The van der Waals surface area contributed by atoms with Crippen molar-refractivity contribution in [1.29, 1.82) is 0 Å². The summed E-state index contributed by atoms with van der Waals surface area (Å²) in [6.45, 7) is 7.41. The van der Waals surface area contributed by atoms with Crippen LogP contribution in [0.4, 0.5) is 19.3 Å². The van der Waals surface area contributed by atoms with Gasteiger partial charge in [0.15, 0.2) is 0 Å². The van der Waals surface area contributed by atoms with E-state index < -0.39 is 29.8 Å². The molecule has 0 unspecified atom stereocenters. The average Bonchev–Trinajstić information content (AvgIpc) is 2.83. The second-order valence-corrected chi connectivity index (χ2v) is 8.03. The van der Waals surface area contributed by atoms with Gasteiger partial charge in [0.05, 0.1) is 18.9 Å². The lowest BCUT2D eigenvalue weighted by molar-refractivity contribution is -0.137. The van der Waals surface area contributed by atoms with Crippen LogP contribution in [0.2, 0.25) is 0 Å². The second kappa shape index (κ2) is 14.0. The molecular formula is C27H31F2NO6. The Hall–Kier alpha value is -3.72. The molecule has 0 aliphatic heterocycles. The molecule has 0 saturated carbocycles. The smallest absolute Gasteiger partial charge is 0.412 e. The molecule has 2 rings (SSSR count). The molecule has 0 bridgehead atoms. The molecule has 9 heteroatoms. The molecule has 2 N–H and O–H groups in total. The molecule has 194 valence electrons. The second-order valence-electron chi connectivity index (χ2n) is 8.03. The molecule has 0 saturated heterocycles. The van der Waals surface area contributed by atoms with Crippen LogP contribution in [-0.2, 0) is 14.3 Å². The molecule has 0 radical (unpaired) electrons. The number of ether oxygens (including phenoxy) is 3. The number of esters is 1. The third kappa shape index (κ3) is 8.81. The fourth-order valence-corrected chi connectivity index (χ4v) is 3.36. The van der Waals surface area contributed by atoms with Crippen LogP contribution in [0, 0.1) is 17.6 Å². The third-order valence-corrected chi connectivity index (χ3v) is 5.23. The monoisotopic (exact) mass is 503 g/mol. The van der Waals surface area contributed by atoms with Crippen LogP contribution in [0.15, 0.2) is 65.8 Å². The lowest BCUT2D eigenvalue weighted by Gasteiger charge is -2.26. The van der Waals surface area contributed by atoms with Crippen molar-refractivity contribution < 1.29 is 37.7 Å². The van der Waals surface area contributed by atoms with Crippen LogP contribution in [0.1, 0.15) is 39.4 Å². The van der Waals surface area contributed by atoms with Crippen LogP contribution in [0.25, 0.3) is 0 Å². The van der Waals surface area contributed by atoms with Crippen LogP contribution in [0.5, 0.6) is 5.75 Å². The van der Waals surface area contributed by atoms with E-state index in [0.29, 0.717) is 23.0 Å². The van der Waals surface area contributed by atoms with E-state index in [1.807, 2.05) is 13.8 Å². The van der Waals surface area contributed by atoms with Gasteiger partial charge in [-0.3, -0.25) is 5.32 Å². The summed E-state index contributed by atoms with van der Waals surface area (Å²) in [6.07, 6.45) is 1.43. The fraction of sp³-hybridized carbons (Fsp3) is 0.333. The van der Waals surface area contributed by atoms with E-state index >= 15 is 0 Å². The Bertz CT molecular complexity index is 1100. The molecule has 1 amide bonds. The molecule has 0 aliphatic carbocycles. The van der Waals surface area contributed by atoms with Gasteiger partial charge in [0, 0.05) is 18.1 Å². The molecule has 0 heterocycles. The summed E-state index contributed by atoms with van der Waals surface area (Å²) in [7, 11) is 0. The number of benzene rings is 2. The molecular weight excluding hydrogens is 472 g/mol. The predicted octanol–water partition coefficient (Wildman–Crippen LogP) is 5.72. The summed E-state index contributed by atoms with van der Waals surface area (Å²) in [5.41, 5.74) is 1.87. The van der Waals surface area contributed by atoms with Crippen molar-refractivity contribution >= 4 is 17.7 Å². The van der Waals surface area contributed by atoms with E-state index in [-0.39, 0.29) is 31.4 Å². The average molecular weight is 504 g/mol. The number of hydrogen-bond acceptors (Lipinski definition) is 6. The first kappa shape index (κ1) is 28.5. The number of aliphatic hydroxyl groups excluding tert-OH is 1. The highest BCUT2D eigenvalue weighted by molar-refractivity contribution is 5.85. The quantitative estimate of drug-likeness (QED) is 0.232. The fourth-order valence-electron chi connectivity index (χ4n) is 3.36. The normalized spacial score (nSPS) is 13.5. The lowest BCUT2D eigenvalue weighted by Crippen LogP contribution is -2.23. The lowest BCUT2D eigenvalue weighted by atomic mass is 9.90. The maximum Gasteiger partial charge on any atom is 0.412 e. The number of carbonyl (C=O) groups excluding carboxylic acids is 2. The SMILES string of the molecule is CCOC(=O)/C=C(C)/C=C(\C)[C@@H](C)[C@H](OC(=O)Nc1ccc(F)cc1F)c1ccc(OCCO)cc1. The first-order chi connectivity index (χ1) is 17.1. The maximum absolute atomic E-state index is 14.0. The van der Waals surface area contributed by atoms with Gasteiger partial charge in [-0.2, -0.15) is 0 Å². The number of aliphatic hydroxyl groups is 1. The number of nitrogens with one attached hydrogen (secondary N) is 1. The molecule has 7 nitrogen and oxygen atoms in total. The Balaban J connectivity index is 2.30. The van der Waals surface area contributed by atoms with E-state index in [2.05, 4.69) is 5.32 Å². The Morgan fingerprint density at radius 3 is 2.39 bits per heavy atom. The number of allylic oxidation sites excluding steroid dienone is 2. The number of hydrogen-bond donors (Lipinski definition) is 2. The summed E-state index contributed by atoms with van der Waals surface area (Å²) >= 11 is 0. The summed E-state index contributed by atoms with van der Waals surface area (Å²) in [6, 6.07) is 9.57. The summed E-state index contributed by atoms with van der Waals surface area (Å²) < 4.78 is 43.2. The van der Waals surface area contributed by atoms with Crippen molar-refractivity contribution in [3.63, 3.8) is 0 Å². The van der Waals surface area contributed by atoms with Crippen molar-refractivity contribution in [3.05, 3.63) is 83.0 Å². The highest BCUT2D eigenvalue weighted by atomic mass is 19.1. The van der Waals surface area contributed by atoms with Crippen molar-refractivity contribution in [2.75, 3.05) is 25.1 Å². The minimum absolute atomic E-state index is 0.132. The summed E-state index contributed by atoms with van der Waals surface area (Å²) in [4.78, 5) is 24.4. The molecule has 2 aromatic rings. The largest absolute Gasteiger partial charge is 0.491 e. The molecule has 0 spiro atoms. The van der Waals surface area contributed by atoms with E-state index in [9.17, 15) is 18.4 Å². The highest BCUT2D eigenvalue weighted by Crippen LogP contribution is 2.33. The Kier molecular flexibility index (Phi) is 11.1. The van der Waals surface area contributed by atoms with Crippen LogP contribution >= 0.6 is 0 Å². The van der Waals surface area contributed by atoms with E-state index in [1.54, 1.807) is 44.2 Å². The van der Waals surface area contributed by atoms with Gasteiger partial charge in [-0.25, -0.2) is 18.4 Å². The van der Waals surface area contributed by atoms with Gasteiger partial charge in [0.2, 0.25) is 0 Å². The highest BCUT2D eigenvalue weighted by Gasteiger charge is 2.26. The number of anilines is 1. The van der Waals surface area contributed by atoms with Crippen molar-refractivity contribution in [1.82, 2.24) is 0 Å². The van der Waals surface area contributed by atoms with E-state index in [1.165, 1.54) is 6.08 Å². The summed E-state index contributed by atoms with van der Waals surface area (Å²) in [5, 5.41) is 11.2. The van der Waals surface area contributed by atoms with Gasteiger partial charge >= 0.3 is 12.1 Å². The van der Waals surface area contributed by atoms with Gasteiger partial charge in [-0.05, 0) is 56.2 Å². The molecule has 0 aliphatic rings. The van der Waals surface area contributed by atoms with Crippen molar-refractivity contribution in [3.8, 4) is 5.75 Å².